The number of esters is 1. The van der Waals surface area contributed by atoms with Gasteiger partial charge in [0.25, 0.3) is 5.91 Å². The third kappa shape index (κ3) is 5.78. The van der Waals surface area contributed by atoms with E-state index >= 15 is 0 Å². The fourth-order valence-electron chi connectivity index (χ4n) is 2.62. The van der Waals surface area contributed by atoms with Gasteiger partial charge in [0.05, 0.1) is 18.7 Å². The van der Waals surface area contributed by atoms with Gasteiger partial charge in [0.1, 0.15) is 12.4 Å². The highest BCUT2D eigenvalue weighted by molar-refractivity contribution is 7.14. The van der Waals surface area contributed by atoms with Crippen molar-refractivity contribution in [3.63, 3.8) is 0 Å². The van der Waals surface area contributed by atoms with Crippen LogP contribution < -0.4 is 15.0 Å². The molecule has 1 aromatic heterocycles. The lowest BCUT2D eigenvalue weighted by Gasteiger charge is -2.10. The van der Waals surface area contributed by atoms with Crippen molar-refractivity contribution in [1.82, 2.24) is 10.3 Å². The first-order valence-electron chi connectivity index (χ1n) is 8.97. The average molecular weight is 403 g/mol. The number of carbonyl (C=O) groups excluding carboxylic acids is 3. The van der Waals surface area contributed by atoms with Gasteiger partial charge < -0.3 is 14.8 Å². The molecule has 1 aromatic carbocycles. The highest BCUT2D eigenvalue weighted by Crippen LogP contribution is 2.25. The van der Waals surface area contributed by atoms with Crippen LogP contribution in [0.3, 0.4) is 0 Å². The molecule has 8 nitrogen and oxygen atoms in total. The predicted molar refractivity (Wildman–Crippen MR) is 103 cm³/mol. The Labute approximate surface area is 166 Å². The normalized spacial score (nSPS) is 13.4. The van der Waals surface area contributed by atoms with E-state index < -0.39 is 11.9 Å². The molecule has 1 saturated heterocycles. The zero-order chi connectivity index (χ0) is 19.8. The van der Waals surface area contributed by atoms with Crippen LogP contribution in [0.1, 0.15) is 18.5 Å². The zero-order valence-corrected chi connectivity index (χ0v) is 16.1. The molecule has 28 heavy (non-hydrogen) atoms. The molecule has 1 N–H and O–H groups in total. The van der Waals surface area contributed by atoms with Gasteiger partial charge >= 0.3 is 5.97 Å². The van der Waals surface area contributed by atoms with Crippen molar-refractivity contribution in [2.24, 2.45) is 0 Å². The molecule has 2 amide bonds. The van der Waals surface area contributed by atoms with E-state index in [1.165, 1.54) is 11.3 Å². The number of aromatic nitrogens is 1. The van der Waals surface area contributed by atoms with Crippen LogP contribution in [0.2, 0.25) is 0 Å². The van der Waals surface area contributed by atoms with E-state index in [-0.39, 0.29) is 18.9 Å². The maximum absolute atomic E-state index is 11.9. The molecule has 2 heterocycles. The molecule has 3 rings (SSSR count). The molecular weight excluding hydrogens is 382 g/mol. The second kappa shape index (κ2) is 9.84. The van der Waals surface area contributed by atoms with Crippen molar-refractivity contribution in [3.8, 4) is 5.75 Å². The van der Waals surface area contributed by atoms with E-state index in [1.54, 1.807) is 10.3 Å². The van der Waals surface area contributed by atoms with Gasteiger partial charge in [0, 0.05) is 18.3 Å². The largest absolute Gasteiger partial charge is 0.492 e. The molecule has 0 atom stereocenters. The maximum Gasteiger partial charge on any atom is 0.312 e. The van der Waals surface area contributed by atoms with E-state index in [4.69, 9.17) is 9.47 Å². The maximum atomic E-state index is 11.9. The van der Waals surface area contributed by atoms with E-state index in [9.17, 15) is 14.4 Å². The molecule has 0 bridgehead atoms. The summed E-state index contributed by atoms with van der Waals surface area (Å²) in [7, 11) is 0. The molecule has 0 unspecified atom stereocenters. The topological polar surface area (TPSA) is 97.8 Å². The second-order valence-corrected chi connectivity index (χ2v) is 6.96. The fourth-order valence-corrected chi connectivity index (χ4v) is 3.49. The second-order valence-electron chi connectivity index (χ2n) is 6.12. The van der Waals surface area contributed by atoms with Crippen LogP contribution in [-0.2, 0) is 25.5 Å². The number of carbonyl (C=O) groups is 3. The van der Waals surface area contributed by atoms with E-state index in [1.807, 2.05) is 30.3 Å². The first kappa shape index (κ1) is 19.8. The lowest BCUT2D eigenvalue weighted by atomic mass is 10.3. The third-order valence-electron chi connectivity index (χ3n) is 3.97. The minimum absolute atomic E-state index is 0.0388. The molecule has 1 fully saturated rings. The number of nitrogens with zero attached hydrogens (tertiary/aromatic N) is 2. The van der Waals surface area contributed by atoms with E-state index in [2.05, 4.69) is 10.3 Å². The summed E-state index contributed by atoms with van der Waals surface area (Å²) in [6.45, 7) is 0.932. The summed E-state index contributed by atoms with van der Waals surface area (Å²) in [4.78, 5) is 41.3. The summed E-state index contributed by atoms with van der Waals surface area (Å²) in [5.41, 5.74) is 0.529. The van der Waals surface area contributed by atoms with Crippen LogP contribution in [0, 0.1) is 0 Å². The number of amides is 2. The van der Waals surface area contributed by atoms with Gasteiger partial charge in [0.15, 0.2) is 11.7 Å². The van der Waals surface area contributed by atoms with Crippen molar-refractivity contribution in [2.45, 2.75) is 19.3 Å². The van der Waals surface area contributed by atoms with Gasteiger partial charge in [-0.25, -0.2) is 4.98 Å². The van der Waals surface area contributed by atoms with Crippen LogP contribution in [-0.4, -0.2) is 49.1 Å². The van der Waals surface area contributed by atoms with Crippen LogP contribution in [0.25, 0.3) is 0 Å². The van der Waals surface area contributed by atoms with E-state index in [0.29, 0.717) is 36.9 Å². The van der Waals surface area contributed by atoms with E-state index in [0.717, 1.165) is 12.2 Å². The van der Waals surface area contributed by atoms with Crippen molar-refractivity contribution in [3.05, 3.63) is 41.4 Å². The highest BCUT2D eigenvalue weighted by atomic mass is 32.1. The molecule has 1 aliphatic rings. The average Bonchev–Trinajstić information content (AvgIpc) is 3.33. The number of benzene rings is 1. The van der Waals surface area contributed by atoms with Crippen molar-refractivity contribution in [1.29, 1.82) is 0 Å². The summed E-state index contributed by atoms with van der Waals surface area (Å²) < 4.78 is 10.4. The van der Waals surface area contributed by atoms with Gasteiger partial charge in [-0.2, -0.15) is 0 Å². The van der Waals surface area contributed by atoms with Crippen molar-refractivity contribution < 1.29 is 23.9 Å². The van der Waals surface area contributed by atoms with Gasteiger partial charge in [-0.15, -0.1) is 11.3 Å². The monoisotopic (exact) mass is 403 g/mol. The number of nitrogens with one attached hydrogen (secondary N) is 1. The van der Waals surface area contributed by atoms with Gasteiger partial charge in [-0.1, -0.05) is 18.2 Å². The quantitative estimate of drug-likeness (QED) is 0.504. The Balaban J connectivity index is 1.32. The van der Waals surface area contributed by atoms with Gasteiger partial charge in [-0.05, 0) is 18.6 Å². The minimum Gasteiger partial charge on any atom is -0.492 e. The SMILES string of the molecule is O=C(COC(=O)Cc1csc(N2CCCC2=O)n1)NCCOc1ccccc1. The molecule has 0 aliphatic carbocycles. The minimum atomic E-state index is -0.541. The lowest BCUT2D eigenvalue weighted by Crippen LogP contribution is -2.32. The summed E-state index contributed by atoms with van der Waals surface area (Å²) in [6.07, 6.45) is 1.31. The highest BCUT2D eigenvalue weighted by Gasteiger charge is 2.24. The fraction of sp³-hybridized carbons (Fsp3) is 0.368. The number of thiazole rings is 1. The number of hydrogen-bond donors (Lipinski definition) is 1. The summed E-state index contributed by atoms with van der Waals surface area (Å²) in [5.74, 6) is -0.162. The molecule has 0 spiro atoms. The number of hydrogen-bond acceptors (Lipinski definition) is 7. The third-order valence-corrected chi connectivity index (χ3v) is 4.88. The number of ether oxygens (including phenoxy) is 2. The van der Waals surface area contributed by atoms with Crippen LogP contribution >= 0.6 is 11.3 Å². The molecule has 148 valence electrons. The van der Waals surface area contributed by atoms with Crippen molar-refractivity contribution in [2.75, 3.05) is 31.2 Å². The number of anilines is 1. The molecule has 1 aliphatic heterocycles. The molecule has 2 aromatic rings. The molecular formula is C19H21N3O5S. The Kier molecular flexibility index (Phi) is 6.96. The summed E-state index contributed by atoms with van der Waals surface area (Å²) in [6, 6.07) is 9.27. The van der Waals surface area contributed by atoms with Crippen molar-refractivity contribution >= 4 is 34.3 Å². The zero-order valence-electron chi connectivity index (χ0n) is 15.3. The predicted octanol–water partition coefficient (Wildman–Crippen LogP) is 1.55. The Hall–Kier alpha value is -2.94. The Morgan fingerprint density at radius 3 is 2.82 bits per heavy atom. The molecule has 0 radical (unpaired) electrons. The van der Waals surface area contributed by atoms with Gasteiger partial charge in [-0.3, -0.25) is 19.3 Å². The Bertz CT molecular complexity index is 824. The number of para-hydroxylation sites is 1. The first-order chi connectivity index (χ1) is 13.6. The summed E-state index contributed by atoms with van der Waals surface area (Å²) >= 11 is 1.32. The van der Waals surface area contributed by atoms with Crippen LogP contribution in [0.4, 0.5) is 5.13 Å². The van der Waals surface area contributed by atoms with Crippen LogP contribution in [0.5, 0.6) is 5.75 Å². The molecule has 9 heteroatoms. The van der Waals surface area contributed by atoms with Gasteiger partial charge in [0.2, 0.25) is 5.91 Å². The molecule has 0 saturated carbocycles. The standard InChI is InChI=1S/C19H21N3O5S/c23-16(20-8-10-26-15-5-2-1-3-6-15)12-27-18(25)11-14-13-28-19(21-14)22-9-4-7-17(22)24/h1-3,5-6,13H,4,7-12H2,(H,20,23). The lowest BCUT2D eigenvalue weighted by molar-refractivity contribution is -0.147. The Morgan fingerprint density at radius 1 is 1.25 bits per heavy atom. The number of rotatable bonds is 9. The Morgan fingerprint density at radius 2 is 2.07 bits per heavy atom. The summed E-state index contributed by atoms with van der Waals surface area (Å²) in [5, 5.41) is 4.94. The smallest absolute Gasteiger partial charge is 0.312 e. The van der Waals surface area contributed by atoms with Crippen LogP contribution in [0.15, 0.2) is 35.7 Å². The first-order valence-corrected chi connectivity index (χ1v) is 9.85.